The topological polar surface area (TPSA) is 139 Å². The third kappa shape index (κ3) is 5.13. The van der Waals surface area contributed by atoms with Gasteiger partial charge in [-0.25, -0.2) is 14.6 Å². The zero-order valence-corrected chi connectivity index (χ0v) is 17.2. The van der Waals surface area contributed by atoms with E-state index in [0.717, 1.165) is 0 Å². The first-order valence-corrected chi connectivity index (χ1v) is 8.59. The number of nitrogen functional groups attached to an aromatic ring is 1. The highest BCUT2D eigenvalue weighted by atomic mass is 79.9. The second kappa shape index (κ2) is 8.61. The number of furan rings is 1. The van der Waals surface area contributed by atoms with Gasteiger partial charge in [0.2, 0.25) is 5.82 Å². The minimum absolute atomic E-state index is 0.0185. The van der Waals surface area contributed by atoms with Crippen LogP contribution < -0.4 is 10.5 Å². The minimum Gasteiger partial charge on any atom is -0.449 e. The molecule has 0 atom stereocenters. The van der Waals surface area contributed by atoms with Crippen LogP contribution in [0.3, 0.4) is 0 Å². The highest BCUT2D eigenvalue weighted by Gasteiger charge is 2.14. The molecule has 0 unspecified atom stereocenters. The fourth-order valence-corrected chi connectivity index (χ4v) is 2.39. The minimum atomic E-state index is -1.43. The van der Waals surface area contributed by atoms with Gasteiger partial charge in [0.1, 0.15) is 11.6 Å². The number of anilines is 1. The molecule has 0 saturated heterocycles. The summed E-state index contributed by atoms with van der Waals surface area (Å²) in [4.78, 5) is 28.5. The van der Waals surface area contributed by atoms with Crippen molar-refractivity contribution in [3.05, 3.63) is 28.9 Å². The zero-order chi connectivity index (χ0) is 21.0. The van der Waals surface area contributed by atoms with E-state index in [2.05, 4.69) is 30.7 Å². The van der Waals surface area contributed by atoms with E-state index in [9.17, 15) is 9.59 Å². The van der Waals surface area contributed by atoms with E-state index in [0.29, 0.717) is 21.9 Å². The first-order valence-electron chi connectivity index (χ1n) is 7.80. The number of aromatic nitrogens is 3. The molecule has 150 valence electrons. The van der Waals surface area contributed by atoms with E-state index in [-0.39, 0.29) is 17.6 Å². The Morgan fingerprint density at radius 3 is 2.32 bits per heavy atom. The molecular formula is C16H19BrN6O5. The smallest absolute Gasteiger partial charge is 0.449 e. The van der Waals surface area contributed by atoms with Crippen molar-refractivity contribution >= 4 is 39.6 Å². The molecule has 0 fully saturated rings. The molecule has 0 aliphatic carbocycles. The van der Waals surface area contributed by atoms with Crippen LogP contribution in [0.25, 0.3) is 17.2 Å². The van der Waals surface area contributed by atoms with Crippen LogP contribution in [0.5, 0.6) is 5.75 Å². The van der Waals surface area contributed by atoms with Crippen molar-refractivity contribution in [3.63, 3.8) is 0 Å². The summed E-state index contributed by atoms with van der Waals surface area (Å²) < 4.78 is 11.8. The summed E-state index contributed by atoms with van der Waals surface area (Å²) in [5.74, 6) is 1.06. The van der Waals surface area contributed by atoms with Gasteiger partial charge in [-0.1, -0.05) is 0 Å². The second-order valence-electron chi connectivity index (χ2n) is 5.86. The number of carbonyl (C=O) groups is 2. The van der Waals surface area contributed by atoms with Gasteiger partial charge in [-0.05, 0) is 28.1 Å². The molecule has 0 spiro atoms. The second-order valence-corrected chi connectivity index (χ2v) is 6.65. The molecule has 0 aromatic carbocycles. The van der Waals surface area contributed by atoms with E-state index in [1.54, 1.807) is 40.3 Å². The SMILES string of the molecule is CN(C)C(=O)N(C)C.Nc1cc(OC(=O)O)cc2nc(-c3ccc(Br)o3)nn12. The number of hydrogen-bond acceptors (Lipinski definition) is 7. The number of rotatable bonds is 2. The monoisotopic (exact) mass is 454 g/mol. The fraction of sp³-hybridized carbons (Fsp3) is 0.250. The van der Waals surface area contributed by atoms with Crippen LogP contribution in [-0.4, -0.2) is 69.9 Å². The average Bonchev–Trinajstić information content (AvgIpc) is 3.20. The van der Waals surface area contributed by atoms with E-state index < -0.39 is 6.16 Å². The van der Waals surface area contributed by atoms with Crippen molar-refractivity contribution in [1.29, 1.82) is 0 Å². The Kier molecular flexibility index (Phi) is 6.46. The number of ether oxygens (including phenoxy) is 1. The van der Waals surface area contributed by atoms with Gasteiger partial charge in [-0.2, -0.15) is 4.52 Å². The van der Waals surface area contributed by atoms with Crippen molar-refractivity contribution in [1.82, 2.24) is 24.4 Å². The zero-order valence-electron chi connectivity index (χ0n) is 15.6. The summed E-state index contributed by atoms with van der Waals surface area (Å²) >= 11 is 3.19. The molecule has 0 aliphatic heterocycles. The first kappa shape index (κ1) is 21.0. The molecule has 11 nitrogen and oxygen atoms in total. The number of urea groups is 1. The maximum Gasteiger partial charge on any atom is 0.511 e. The van der Waals surface area contributed by atoms with Crippen molar-refractivity contribution in [3.8, 4) is 17.3 Å². The fourth-order valence-electron chi connectivity index (χ4n) is 2.08. The number of carbonyl (C=O) groups excluding carboxylic acids is 1. The van der Waals surface area contributed by atoms with Crippen LogP contribution in [0, 0.1) is 0 Å². The van der Waals surface area contributed by atoms with Gasteiger partial charge in [0.15, 0.2) is 16.1 Å². The summed E-state index contributed by atoms with van der Waals surface area (Å²) in [6.07, 6.45) is -1.43. The molecule has 3 aromatic heterocycles. The molecule has 3 aromatic rings. The Balaban J connectivity index is 0.000000300. The largest absolute Gasteiger partial charge is 0.511 e. The molecule has 3 heterocycles. The Bertz CT molecular complexity index is 987. The van der Waals surface area contributed by atoms with E-state index in [4.69, 9.17) is 15.3 Å². The number of carboxylic acid groups (broad SMARTS) is 1. The van der Waals surface area contributed by atoms with Gasteiger partial charge >= 0.3 is 12.2 Å². The highest BCUT2D eigenvalue weighted by Crippen LogP contribution is 2.25. The van der Waals surface area contributed by atoms with Crippen LogP contribution >= 0.6 is 15.9 Å². The van der Waals surface area contributed by atoms with Crippen LogP contribution in [0.4, 0.5) is 15.4 Å². The number of amides is 2. The Morgan fingerprint density at radius 1 is 1.21 bits per heavy atom. The van der Waals surface area contributed by atoms with Crippen LogP contribution in [0.2, 0.25) is 0 Å². The van der Waals surface area contributed by atoms with Crippen molar-refractivity contribution in [2.75, 3.05) is 33.9 Å². The molecule has 0 bridgehead atoms. The van der Waals surface area contributed by atoms with Gasteiger partial charge in [0, 0.05) is 40.3 Å². The van der Waals surface area contributed by atoms with Gasteiger partial charge < -0.3 is 29.8 Å². The van der Waals surface area contributed by atoms with Gasteiger partial charge in [-0.3, -0.25) is 0 Å². The standard InChI is InChI=1S/C11H7BrN4O4.C5H12N2O/c12-7-2-1-6(20-7)10-14-9-4-5(19-11(17)18)3-8(13)16(9)15-10;1-6(2)5(8)7(3)4/h1-4H,13H2,(H,17,18);1-4H3. The molecule has 0 radical (unpaired) electrons. The van der Waals surface area contributed by atoms with E-state index in [1.807, 2.05) is 0 Å². The molecule has 28 heavy (non-hydrogen) atoms. The van der Waals surface area contributed by atoms with Crippen LogP contribution in [0.1, 0.15) is 0 Å². The number of hydrogen-bond donors (Lipinski definition) is 2. The van der Waals surface area contributed by atoms with Crippen molar-refractivity contribution in [2.24, 2.45) is 0 Å². The third-order valence-electron chi connectivity index (χ3n) is 3.20. The summed E-state index contributed by atoms with van der Waals surface area (Å²) in [6.45, 7) is 0. The number of pyridine rings is 1. The summed E-state index contributed by atoms with van der Waals surface area (Å²) in [5.41, 5.74) is 6.13. The summed E-state index contributed by atoms with van der Waals surface area (Å²) in [6, 6.07) is 6.19. The molecule has 0 aliphatic rings. The van der Waals surface area contributed by atoms with E-state index >= 15 is 0 Å². The van der Waals surface area contributed by atoms with Gasteiger partial charge in [0.05, 0.1) is 0 Å². The maximum absolute atomic E-state index is 10.7. The quantitative estimate of drug-likeness (QED) is 0.563. The van der Waals surface area contributed by atoms with Crippen molar-refractivity contribution in [2.45, 2.75) is 0 Å². The van der Waals surface area contributed by atoms with Crippen LogP contribution in [-0.2, 0) is 0 Å². The number of nitrogens with two attached hydrogens (primary N) is 1. The first-order chi connectivity index (χ1) is 13.1. The molecule has 3 N–H and O–H groups in total. The molecular weight excluding hydrogens is 436 g/mol. The lowest BCUT2D eigenvalue weighted by atomic mass is 10.4. The predicted octanol–water partition coefficient (Wildman–Crippen LogP) is 2.62. The average molecular weight is 455 g/mol. The highest BCUT2D eigenvalue weighted by molar-refractivity contribution is 9.10. The predicted molar refractivity (Wildman–Crippen MR) is 104 cm³/mol. The molecule has 0 saturated carbocycles. The normalized spacial score (nSPS) is 10.2. The van der Waals surface area contributed by atoms with Gasteiger partial charge in [0.25, 0.3) is 0 Å². The van der Waals surface area contributed by atoms with Crippen LogP contribution in [0.15, 0.2) is 33.4 Å². The summed E-state index contributed by atoms with van der Waals surface area (Å²) in [7, 11) is 6.90. The number of nitrogens with zero attached hydrogens (tertiary/aromatic N) is 5. The van der Waals surface area contributed by atoms with Gasteiger partial charge in [-0.15, -0.1) is 5.10 Å². The third-order valence-corrected chi connectivity index (χ3v) is 3.63. The lowest BCUT2D eigenvalue weighted by Crippen LogP contribution is -2.33. The Morgan fingerprint density at radius 2 is 1.86 bits per heavy atom. The van der Waals surface area contributed by atoms with Crippen molar-refractivity contribution < 1.29 is 23.8 Å². The lowest BCUT2D eigenvalue weighted by molar-refractivity contribution is 0.144. The Hall–Kier alpha value is -3.28. The number of halogens is 1. The molecule has 3 rings (SSSR count). The molecule has 2 amide bonds. The lowest BCUT2D eigenvalue weighted by Gasteiger charge is -2.16. The molecule has 12 heteroatoms. The Labute approximate surface area is 168 Å². The summed E-state index contributed by atoms with van der Waals surface area (Å²) in [5, 5.41) is 12.8. The van der Waals surface area contributed by atoms with E-state index in [1.165, 1.54) is 26.4 Å². The number of fused-ring (bicyclic) bond motifs is 1. The maximum atomic E-state index is 10.7.